The topological polar surface area (TPSA) is 139 Å². The number of nitrogens with one attached hydrogen (secondary N) is 2. The number of phenols is 2. The second kappa shape index (κ2) is 13.1. The summed E-state index contributed by atoms with van der Waals surface area (Å²) in [4.78, 5) is 27.6. The molecule has 0 radical (unpaired) electrons. The second-order valence-corrected chi connectivity index (χ2v) is 13.3. The van der Waals surface area contributed by atoms with Crippen molar-refractivity contribution in [3.8, 4) is 22.6 Å². The number of phenolic OH excluding ortho intramolecular Hbond substituents is 2. The lowest BCUT2D eigenvalue weighted by atomic mass is 9.75. The number of aliphatic hydroxyl groups is 2. The van der Waals surface area contributed by atoms with Gasteiger partial charge in [-0.3, -0.25) is 9.59 Å². The summed E-state index contributed by atoms with van der Waals surface area (Å²) in [7, 11) is 0. The van der Waals surface area contributed by atoms with Gasteiger partial charge in [0.15, 0.2) is 11.5 Å². The zero-order chi connectivity index (χ0) is 36.0. The van der Waals surface area contributed by atoms with Gasteiger partial charge in [0.1, 0.15) is 11.5 Å². The minimum atomic E-state index is -0.647. The molecule has 8 nitrogen and oxygen atoms in total. The number of carbonyl (C=O) groups is 2. The molecular formula is C42H40N2O6. The van der Waals surface area contributed by atoms with Crippen LogP contribution in [-0.4, -0.2) is 32.0 Å². The fourth-order valence-corrected chi connectivity index (χ4v) is 7.01. The minimum absolute atomic E-state index is 0.0531. The number of aryl methyl sites for hydroxylation is 2. The molecule has 4 aromatic carbocycles. The number of carbonyl (C=O) groups excluding carboxylic acids is 2. The third-order valence-electron chi connectivity index (χ3n) is 9.26. The summed E-state index contributed by atoms with van der Waals surface area (Å²) in [6, 6.07) is 22.0. The fourth-order valence-electron chi connectivity index (χ4n) is 7.01. The van der Waals surface area contributed by atoms with E-state index in [1.807, 2.05) is 88.4 Å². The van der Waals surface area contributed by atoms with Crippen LogP contribution < -0.4 is 10.6 Å². The number of aliphatic hydroxyl groups excluding tert-OH is 2. The molecule has 0 saturated carbocycles. The number of rotatable bonds is 7. The van der Waals surface area contributed by atoms with Crippen molar-refractivity contribution in [2.75, 3.05) is 10.6 Å². The van der Waals surface area contributed by atoms with Crippen molar-refractivity contribution >= 4 is 45.2 Å². The predicted molar refractivity (Wildman–Crippen MR) is 200 cm³/mol. The molecule has 0 bridgehead atoms. The Kier molecular flexibility index (Phi) is 8.89. The first-order valence-corrected chi connectivity index (χ1v) is 16.6. The molecule has 2 aliphatic rings. The molecular weight excluding hydrogens is 628 g/mol. The number of fused-ring (bicyclic) bond motifs is 2. The maximum atomic E-state index is 13.8. The van der Waals surface area contributed by atoms with Crippen molar-refractivity contribution in [1.82, 2.24) is 0 Å². The Morgan fingerprint density at radius 1 is 0.540 bits per heavy atom. The molecule has 2 aliphatic carbocycles. The van der Waals surface area contributed by atoms with Crippen molar-refractivity contribution in [3.63, 3.8) is 0 Å². The van der Waals surface area contributed by atoms with Crippen molar-refractivity contribution in [3.05, 3.63) is 130 Å². The Balaban J connectivity index is 1.63. The number of allylic oxidation sites excluding steroid dienone is 4. The number of Topliss-reactive ketones (excluding diaryl/α,β-unsaturated/α-hetero) is 2. The third-order valence-corrected chi connectivity index (χ3v) is 9.26. The van der Waals surface area contributed by atoms with Crippen LogP contribution in [-0.2, 0) is 9.59 Å². The van der Waals surface area contributed by atoms with E-state index in [9.17, 15) is 30.0 Å². The van der Waals surface area contributed by atoms with Crippen molar-refractivity contribution in [1.29, 1.82) is 0 Å². The maximum Gasteiger partial charge on any atom is 0.229 e. The summed E-state index contributed by atoms with van der Waals surface area (Å²) in [5.74, 6) is -3.09. The highest BCUT2D eigenvalue weighted by molar-refractivity contribution is 6.35. The molecule has 4 aromatic rings. The molecule has 6 rings (SSSR count). The normalized spacial score (nSPS) is 16.1. The molecule has 0 aliphatic heterocycles. The van der Waals surface area contributed by atoms with Crippen LogP contribution in [0.5, 0.6) is 11.5 Å². The minimum Gasteiger partial charge on any atom is -0.507 e. The molecule has 254 valence electrons. The number of aromatic hydroxyl groups is 2. The third kappa shape index (κ3) is 5.62. The van der Waals surface area contributed by atoms with Crippen LogP contribution in [0.15, 0.2) is 96.7 Å². The number of hydrogen-bond acceptors (Lipinski definition) is 8. The molecule has 0 saturated heterocycles. The number of anilines is 2. The van der Waals surface area contributed by atoms with E-state index in [1.54, 1.807) is 26.0 Å². The Hall–Kier alpha value is -6.02. The van der Waals surface area contributed by atoms with E-state index in [0.29, 0.717) is 44.8 Å². The summed E-state index contributed by atoms with van der Waals surface area (Å²) in [6.45, 7) is 11.0. The molecule has 0 atom stereocenters. The van der Waals surface area contributed by atoms with Gasteiger partial charge in [0.25, 0.3) is 0 Å². The largest absolute Gasteiger partial charge is 0.507 e. The van der Waals surface area contributed by atoms with E-state index < -0.39 is 11.6 Å². The van der Waals surface area contributed by atoms with Gasteiger partial charge in [0, 0.05) is 57.2 Å². The van der Waals surface area contributed by atoms with Crippen LogP contribution in [0.2, 0.25) is 0 Å². The number of hydrogen-bond donors (Lipinski definition) is 6. The molecule has 0 heterocycles. The van der Waals surface area contributed by atoms with Gasteiger partial charge in [-0.15, -0.1) is 0 Å². The standard InChI is InChI=1S/C42H40N2O6/c1-21(2)31-27-17-23(5)33(39(47)35(27)29(37(45)41(31)49)19-43-25-13-9-7-10-14-25)34-24(6)18-28-32(22(3)4)42(50)38(46)30(36(28)40(34)48)20-44-26-15-11-8-12-16-26/h7-22,43-44,47-50H,1-6H3/b29-19-,30-20-. The number of para-hydroxylation sites is 2. The molecule has 0 unspecified atom stereocenters. The highest BCUT2D eigenvalue weighted by atomic mass is 16.3. The Morgan fingerprint density at radius 2 is 0.880 bits per heavy atom. The summed E-state index contributed by atoms with van der Waals surface area (Å²) in [5, 5.41) is 53.1. The second-order valence-electron chi connectivity index (χ2n) is 13.3. The zero-order valence-electron chi connectivity index (χ0n) is 28.8. The summed E-state index contributed by atoms with van der Waals surface area (Å²) in [6.07, 6.45) is 2.94. The first kappa shape index (κ1) is 33.9. The first-order valence-electron chi connectivity index (χ1n) is 16.6. The Bertz CT molecular complexity index is 2030. The molecule has 8 heteroatoms. The van der Waals surface area contributed by atoms with Gasteiger partial charge < -0.3 is 31.1 Å². The van der Waals surface area contributed by atoms with Crippen LogP contribution in [0.4, 0.5) is 11.4 Å². The van der Waals surface area contributed by atoms with E-state index in [-0.39, 0.29) is 68.3 Å². The van der Waals surface area contributed by atoms with Gasteiger partial charge in [-0.1, -0.05) is 76.2 Å². The maximum absolute atomic E-state index is 13.8. The molecule has 6 N–H and O–H groups in total. The van der Waals surface area contributed by atoms with E-state index in [0.717, 1.165) is 0 Å². The quantitative estimate of drug-likeness (QED) is 0.107. The van der Waals surface area contributed by atoms with Gasteiger partial charge in [-0.05, 0) is 72.2 Å². The molecule has 0 fully saturated rings. The smallest absolute Gasteiger partial charge is 0.229 e. The lowest BCUT2D eigenvalue weighted by molar-refractivity contribution is -0.113. The highest BCUT2D eigenvalue weighted by Gasteiger charge is 2.38. The molecule has 0 amide bonds. The van der Waals surface area contributed by atoms with E-state index in [1.165, 1.54) is 12.4 Å². The lowest BCUT2D eigenvalue weighted by Crippen LogP contribution is -2.20. The van der Waals surface area contributed by atoms with Gasteiger partial charge >= 0.3 is 0 Å². The monoisotopic (exact) mass is 668 g/mol. The first-order chi connectivity index (χ1) is 23.8. The lowest BCUT2D eigenvalue weighted by Gasteiger charge is -2.29. The van der Waals surface area contributed by atoms with Crippen LogP contribution in [0.3, 0.4) is 0 Å². The van der Waals surface area contributed by atoms with Crippen molar-refractivity contribution in [2.24, 2.45) is 11.8 Å². The van der Waals surface area contributed by atoms with E-state index >= 15 is 0 Å². The van der Waals surface area contributed by atoms with Gasteiger partial charge in [0.2, 0.25) is 11.6 Å². The highest BCUT2D eigenvalue weighted by Crippen LogP contribution is 2.53. The van der Waals surface area contributed by atoms with Crippen LogP contribution >= 0.6 is 0 Å². The average Bonchev–Trinajstić information content (AvgIpc) is 3.07. The molecule has 0 spiro atoms. The van der Waals surface area contributed by atoms with Crippen LogP contribution in [0, 0.1) is 25.7 Å². The fraction of sp³-hybridized carbons (Fsp3) is 0.190. The SMILES string of the molecule is Cc1cc2c(c(O)c1-c1c(C)cc3c(c1O)/C(=C/Nc1ccccc1)C(=O)C(O)=C3C(C)C)/C(=C/Nc1ccccc1)C(=O)C(O)=C2C(C)C. The van der Waals surface area contributed by atoms with Crippen molar-refractivity contribution in [2.45, 2.75) is 41.5 Å². The van der Waals surface area contributed by atoms with Gasteiger partial charge in [-0.2, -0.15) is 0 Å². The predicted octanol–water partition coefficient (Wildman–Crippen LogP) is 9.30. The number of benzene rings is 4. The van der Waals surface area contributed by atoms with Crippen molar-refractivity contribution < 1.29 is 30.0 Å². The van der Waals surface area contributed by atoms with E-state index in [4.69, 9.17) is 0 Å². The van der Waals surface area contributed by atoms with Crippen LogP contribution in [0.1, 0.15) is 61.1 Å². The number of ketones is 2. The summed E-state index contributed by atoms with van der Waals surface area (Å²) < 4.78 is 0. The molecule has 0 aromatic heterocycles. The van der Waals surface area contributed by atoms with E-state index in [2.05, 4.69) is 10.6 Å². The Labute approximate surface area is 291 Å². The average molecular weight is 669 g/mol. The van der Waals surface area contributed by atoms with Crippen LogP contribution in [0.25, 0.3) is 33.4 Å². The zero-order valence-corrected chi connectivity index (χ0v) is 28.8. The summed E-state index contributed by atoms with van der Waals surface area (Å²) in [5.41, 5.74) is 5.47. The van der Waals surface area contributed by atoms with Gasteiger partial charge in [0.05, 0.1) is 11.1 Å². The summed E-state index contributed by atoms with van der Waals surface area (Å²) >= 11 is 0. The molecule has 50 heavy (non-hydrogen) atoms. The Morgan fingerprint density at radius 3 is 1.20 bits per heavy atom. The van der Waals surface area contributed by atoms with Gasteiger partial charge in [-0.25, -0.2) is 0 Å².